The van der Waals surface area contributed by atoms with Gasteiger partial charge in [-0.3, -0.25) is 4.79 Å². The third-order valence-electron chi connectivity index (χ3n) is 3.90. The summed E-state index contributed by atoms with van der Waals surface area (Å²) in [5, 5.41) is 0. The normalized spacial score (nSPS) is 27.0. The summed E-state index contributed by atoms with van der Waals surface area (Å²) in [4.78, 5) is 14.5. The Morgan fingerprint density at radius 1 is 1.28 bits per heavy atom. The quantitative estimate of drug-likeness (QED) is 0.767. The van der Waals surface area contributed by atoms with E-state index in [4.69, 9.17) is 10.5 Å². The van der Waals surface area contributed by atoms with Crippen molar-refractivity contribution in [2.75, 3.05) is 18.9 Å². The number of fused-ring (bicyclic) bond motifs is 1. The molecule has 4 heteroatoms. The van der Waals surface area contributed by atoms with E-state index < -0.39 is 0 Å². The van der Waals surface area contributed by atoms with Gasteiger partial charge in [0.2, 0.25) is 0 Å². The van der Waals surface area contributed by atoms with Gasteiger partial charge in [0, 0.05) is 17.8 Å². The molecule has 2 atom stereocenters. The predicted octanol–water partition coefficient (Wildman–Crippen LogP) is 1.66. The average Bonchev–Trinajstić information content (AvgIpc) is 2.87. The van der Waals surface area contributed by atoms with E-state index in [9.17, 15) is 4.79 Å². The molecule has 4 nitrogen and oxygen atoms in total. The highest BCUT2D eigenvalue weighted by molar-refractivity contribution is 5.94. The van der Waals surface area contributed by atoms with Crippen LogP contribution in [0, 0.1) is 0 Å². The van der Waals surface area contributed by atoms with Crippen LogP contribution >= 0.6 is 0 Å². The van der Waals surface area contributed by atoms with Crippen LogP contribution in [0.5, 0.6) is 0 Å². The smallest absolute Gasteiger partial charge is 0.254 e. The first-order chi connectivity index (χ1) is 8.75. The maximum absolute atomic E-state index is 12.5. The van der Waals surface area contributed by atoms with Crippen LogP contribution in [0.15, 0.2) is 24.3 Å². The van der Waals surface area contributed by atoms with Gasteiger partial charge in [-0.25, -0.2) is 0 Å². The molecule has 1 aromatic carbocycles. The minimum Gasteiger partial charge on any atom is -0.399 e. The molecule has 1 saturated heterocycles. The Bertz CT molecular complexity index is 444. The molecule has 2 N–H and O–H groups in total. The van der Waals surface area contributed by atoms with Gasteiger partial charge in [0.25, 0.3) is 5.91 Å². The maximum atomic E-state index is 12.5. The number of rotatable bonds is 1. The molecule has 0 bridgehead atoms. The molecule has 1 aromatic rings. The van der Waals surface area contributed by atoms with E-state index >= 15 is 0 Å². The number of anilines is 1. The van der Waals surface area contributed by atoms with Gasteiger partial charge in [0.1, 0.15) is 0 Å². The minimum atomic E-state index is 0.107. The summed E-state index contributed by atoms with van der Waals surface area (Å²) < 4.78 is 5.72. The van der Waals surface area contributed by atoms with Crippen molar-refractivity contribution in [3.8, 4) is 0 Å². The molecular weight excluding hydrogens is 228 g/mol. The van der Waals surface area contributed by atoms with Crippen molar-refractivity contribution < 1.29 is 9.53 Å². The van der Waals surface area contributed by atoms with E-state index in [0.29, 0.717) is 18.8 Å². The van der Waals surface area contributed by atoms with Crippen LogP contribution in [0.3, 0.4) is 0 Å². The standard InChI is InChI=1S/C14H18N2O2/c15-11-6-4-10(5-7-11)14(17)16-8-9-18-13-3-1-2-12(13)16/h4-7,12-13H,1-3,8-9,15H2. The second-order valence-corrected chi connectivity index (χ2v) is 5.03. The van der Waals surface area contributed by atoms with Crippen molar-refractivity contribution in [3.05, 3.63) is 29.8 Å². The van der Waals surface area contributed by atoms with Gasteiger partial charge in [0.15, 0.2) is 0 Å². The topological polar surface area (TPSA) is 55.6 Å². The molecular formula is C14H18N2O2. The van der Waals surface area contributed by atoms with Gasteiger partial charge >= 0.3 is 0 Å². The molecule has 0 spiro atoms. The summed E-state index contributed by atoms with van der Waals surface area (Å²) in [6.07, 6.45) is 3.54. The summed E-state index contributed by atoms with van der Waals surface area (Å²) >= 11 is 0. The first kappa shape index (κ1) is 11.5. The molecule has 0 aromatic heterocycles. The summed E-state index contributed by atoms with van der Waals surface area (Å²) in [6.45, 7) is 1.35. The maximum Gasteiger partial charge on any atom is 0.254 e. The van der Waals surface area contributed by atoms with Crippen molar-refractivity contribution in [3.63, 3.8) is 0 Å². The van der Waals surface area contributed by atoms with E-state index in [1.807, 2.05) is 4.90 Å². The Labute approximate surface area is 107 Å². The van der Waals surface area contributed by atoms with Gasteiger partial charge in [0.05, 0.1) is 18.8 Å². The Hall–Kier alpha value is -1.55. The lowest BCUT2D eigenvalue weighted by Crippen LogP contribution is -2.51. The zero-order valence-electron chi connectivity index (χ0n) is 10.3. The summed E-state index contributed by atoms with van der Waals surface area (Å²) in [7, 11) is 0. The lowest BCUT2D eigenvalue weighted by molar-refractivity contribution is -0.0445. The third kappa shape index (κ3) is 1.97. The van der Waals surface area contributed by atoms with Crippen molar-refractivity contribution >= 4 is 11.6 Å². The number of hydrogen-bond acceptors (Lipinski definition) is 3. The van der Waals surface area contributed by atoms with E-state index in [1.165, 1.54) is 0 Å². The number of nitrogens with two attached hydrogens (primary N) is 1. The number of ether oxygens (including phenoxy) is 1. The van der Waals surface area contributed by atoms with Crippen LogP contribution in [0.25, 0.3) is 0 Å². The number of nitrogens with zero attached hydrogens (tertiary/aromatic N) is 1. The molecule has 3 rings (SSSR count). The Morgan fingerprint density at radius 2 is 2.06 bits per heavy atom. The minimum absolute atomic E-state index is 0.107. The lowest BCUT2D eigenvalue weighted by atomic mass is 10.1. The zero-order chi connectivity index (χ0) is 12.5. The molecule has 2 fully saturated rings. The third-order valence-corrected chi connectivity index (χ3v) is 3.90. The van der Waals surface area contributed by atoms with Crippen LogP contribution in [0.1, 0.15) is 29.6 Å². The van der Waals surface area contributed by atoms with Gasteiger partial charge in [-0.1, -0.05) is 0 Å². The van der Waals surface area contributed by atoms with E-state index in [-0.39, 0.29) is 18.1 Å². The first-order valence-electron chi connectivity index (χ1n) is 6.54. The molecule has 18 heavy (non-hydrogen) atoms. The lowest BCUT2D eigenvalue weighted by Gasteiger charge is -2.37. The highest BCUT2D eigenvalue weighted by Gasteiger charge is 2.38. The van der Waals surface area contributed by atoms with E-state index in [0.717, 1.165) is 24.8 Å². The van der Waals surface area contributed by atoms with Crippen LogP contribution in [0.2, 0.25) is 0 Å². The second-order valence-electron chi connectivity index (χ2n) is 5.03. The van der Waals surface area contributed by atoms with Crippen molar-refractivity contribution in [2.24, 2.45) is 0 Å². The van der Waals surface area contributed by atoms with Crippen LogP contribution in [0.4, 0.5) is 5.69 Å². The fourth-order valence-electron chi connectivity index (χ4n) is 2.97. The van der Waals surface area contributed by atoms with Crippen LogP contribution < -0.4 is 5.73 Å². The van der Waals surface area contributed by atoms with Crippen LogP contribution in [-0.4, -0.2) is 36.1 Å². The number of amides is 1. The van der Waals surface area contributed by atoms with Crippen molar-refractivity contribution in [2.45, 2.75) is 31.4 Å². The van der Waals surface area contributed by atoms with Crippen molar-refractivity contribution in [1.29, 1.82) is 0 Å². The highest BCUT2D eigenvalue weighted by Crippen LogP contribution is 2.30. The highest BCUT2D eigenvalue weighted by atomic mass is 16.5. The summed E-state index contributed by atoms with van der Waals surface area (Å²) in [5.74, 6) is 0.107. The predicted molar refractivity (Wildman–Crippen MR) is 69.3 cm³/mol. The van der Waals surface area contributed by atoms with Crippen molar-refractivity contribution in [1.82, 2.24) is 4.90 Å². The number of nitrogen functional groups attached to an aromatic ring is 1. The molecule has 96 valence electrons. The van der Waals surface area contributed by atoms with E-state index in [1.54, 1.807) is 24.3 Å². The number of benzene rings is 1. The van der Waals surface area contributed by atoms with Gasteiger partial charge in [-0.2, -0.15) is 0 Å². The van der Waals surface area contributed by atoms with Gasteiger partial charge in [-0.15, -0.1) is 0 Å². The molecule has 2 aliphatic rings. The summed E-state index contributed by atoms with van der Waals surface area (Å²) in [6, 6.07) is 7.43. The molecule has 1 aliphatic heterocycles. The Kier molecular flexibility index (Phi) is 2.96. The number of morpholine rings is 1. The first-order valence-corrected chi connectivity index (χ1v) is 6.54. The van der Waals surface area contributed by atoms with Gasteiger partial charge < -0.3 is 15.4 Å². The molecule has 2 unspecified atom stereocenters. The fraction of sp³-hybridized carbons (Fsp3) is 0.500. The molecule has 1 heterocycles. The number of carbonyl (C=O) groups is 1. The SMILES string of the molecule is Nc1ccc(C(=O)N2CCOC3CCCC32)cc1. The Morgan fingerprint density at radius 3 is 2.83 bits per heavy atom. The monoisotopic (exact) mass is 246 g/mol. The fourth-order valence-corrected chi connectivity index (χ4v) is 2.97. The zero-order valence-corrected chi connectivity index (χ0v) is 10.3. The number of carbonyl (C=O) groups excluding carboxylic acids is 1. The number of hydrogen-bond donors (Lipinski definition) is 1. The second kappa shape index (κ2) is 4.61. The largest absolute Gasteiger partial charge is 0.399 e. The molecule has 0 radical (unpaired) electrons. The van der Waals surface area contributed by atoms with Crippen LogP contribution in [-0.2, 0) is 4.74 Å². The molecule has 1 amide bonds. The molecule has 1 aliphatic carbocycles. The van der Waals surface area contributed by atoms with Gasteiger partial charge in [-0.05, 0) is 43.5 Å². The van der Waals surface area contributed by atoms with E-state index in [2.05, 4.69) is 0 Å². The summed E-state index contributed by atoms with van der Waals surface area (Å²) in [5.41, 5.74) is 7.05. The Balaban J connectivity index is 1.81. The average molecular weight is 246 g/mol. The molecule has 1 saturated carbocycles.